The monoisotopic (exact) mass is 846 g/mol. The minimum atomic E-state index is -1.28. The Morgan fingerprint density at radius 3 is 2.35 bits per heavy atom. The van der Waals surface area contributed by atoms with Crippen LogP contribution < -0.4 is 15.5 Å². The minimum absolute atomic E-state index is 0.0217. The fourth-order valence-corrected chi connectivity index (χ4v) is 9.78. The number of carbonyl (C=O) groups excluding carboxylic acids is 4. The number of likely N-dealkylation sites (tertiary alicyclic amines) is 2. The Morgan fingerprint density at radius 2 is 1.66 bits per heavy atom. The third kappa shape index (κ3) is 7.88. The van der Waals surface area contributed by atoms with E-state index in [0.29, 0.717) is 77.9 Å². The quantitative estimate of drug-likeness (QED) is 0.180. The van der Waals surface area contributed by atoms with E-state index in [4.69, 9.17) is 5.10 Å². The molecule has 5 aromatic rings. The van der Waals surface area contributed by atoms with Gasteiger partial charge in [0.1, 0.15) is 23.4 Å². The summed E-state index contributed by atoms with van der Waals surface area (Å²) in [7, 11) is 0. The second-order valence-corrected chi connectivity index (χ2v) is 17.6. The van der Waals surface area contributed by atoms with Gasteiger partial charge < -0.3 is 25.1 Å². The van der Waals surface area contributed by atoms with Crippen LogP contribution in [0, 0.1) is 28.9 Å². The number of aromatic nitrogens is 4. The maximum absolute atomic E-state index is 15.2. The smallest absolute Gasteiger partial charge is 0.274 e. The van der Waals surface area contributed by atoms with E-state index in [9.17, 15) is 29.5 Å². The molecule has 4 aliphatic heterocycles. The van der Waals surface area contributed by atoms with Crippen molar-refractivity contribution in [3.05, 3.63) is 88.9 Å². The molecule has 9 rings (SSSR count). The van der Waals surface area contributed by atoms with Crippen molar-refractivity contribution in [1.82, 2.24) is 34.5 Å². The number of amides is 4. The number of rotatable bonds is 8. The summed E-state index contributed by atoms with van der Waals surface area (Å²) in [5, 5.41) is 35.5. The van der Waals surface area contributed by atoms with Gasteiger partial charge in [-0.1, -0.05) is 0 Å². The SMILES string of the molecule is CC(C)(O)c1cc2nn(C3CCN(C4CCN(C(=O)[C@@H]5CCN(c6cc(F)c([C@H]7CCC(=O)NC7=O)c(F)c6)C5)CC4)CC3)cc2cc1NC(=O)c1ccc2cc(C#N)cnn12. The van der Waals surface area contributed by atoms with Gasteiger partial charge in [-0.25, -0.2) is 13.3 Å². The number of hydrogen-bond donors (Lipinski definition) is 3. The van der Waals surface area contributed by atoms with E-state index in [1.807, 2.05) is 32.8 Å². The number of piperidine rings is 3. The van der Waals surface area contributed by atoms with Crippen molar-refractivity contribution in [2.24, 2.45) is 5.92 Å². The molecule has 4 saturated heterocycles. The molecule has 4 amide bonds. The number of anilines is 2. The van der Waals surface area contributed by atoms with Crippen LogP contribution in [0.5, 0.6) is 0 Å². The van der Waals surface area contributed by atoms with E-state index in [2.05, 4.69) is 26.7 Å². The van der Waals surface area contributed by atoms with E-state index in [-0.39, 0.29) is 36.3 Å². The average molecular weight is 847 g/mol. The first-order chi connectivity index (χ1) is 29.7. The van der Waals surface area contributed by atoms with E-state index >= 15 is 8.78 Å². The van der Waals surface area contributed by atoms with Gasteiger partial charge in [0.05, 0.1) is 46.3 Å². The molecule has 17 heteroatoms. The molecule has 3 N–H and O–H groups in total. The normalized spacial score (nSPS) is 20.8. The molecular weight excluding hydrogens is 799 g/mol. The van der Waals surface area contributed by atoms with Gasteiger partial charge in [0.25, 0.3) is 5.91 Å². The molecule has 0 spiro atoms. The molecule has 2 atom stereocenters. The average Bonchev–Trinajstić information content (AvgIpc) is 4.02. The first-order valence-electron chi connectivity index (χ1n) is 21.3. The number of nitrogens with zero attached hydrogens (tertiary/aromatic N) is 8. The maximum atomic E-state index is 15.2. The molecular formula is C45H48F2N10O5. The van der Waals surface area contributed by atoms with Crippen molar-refractivity contribution in [2.45, 2.75) is 82.4 Å². The molecule has 0 aliphatic carbocycles. The van der Waals surface area contributed by atoms with Gasteiger partial charge in [0, 0.05) is 85.8 Å². The van der Waals surface area contributed by atoms with Gasteiger partial charge in [-0.2, -0.15) is 15.5 Å². The maximum Gasteiger partial charge on any atom is 0.274 e. The minimum Gasteiger partial charge on any atom is -0.386 e. The van der Waals surface area contributed by atoms with Gasteiger partial charge in [-0.3, -0.25) is 29.2 Å². The van der Waals surface area contributed by atoms with Crippen LogP contribution in [0.25, 0.3) is 16.4 Å². The fraction of sp³-hybridized carbons (Fsp3) is 0.444. The third-order valence-corrected chi connectivity index (χ3v) is 13.2. The highest BCUT2D eigenvalue weighted by Gasteiger charge is 2.37. The zero-order chi connectivity index (χ0) is 43.4. The lowest BCUT2D eigenvalue weighted by Crippen LogP contribution is -2.50. The molecule has 0 saturated carbocycles. The Bertz CT molecular complexity index is 2630. The lowest BCUT2D eigenvalue weighted by molar-refractivity contribution is -0.137. The zero-order valence-corrected chi connectivity index (χ0v) is 34.6. The Morgan fingerprint density at radius 1 is 0.935 bits per heavy atom. The summed E-state index contributed by atoms with van der Waals surface area (Å²) < 4.78 is 34.0. The molecule has 2 aromatic carbocycles. The van der Waals surface area contributed by atoms with Gasteiger partial charge in [-0.05, 0) is 94.8 Å². The van der Waals surface area contributed by atoms with E-state index in [1.54, 1.807) is 32.0 Å². The van der Waals surface area contributed by atoms with E-state index in [1.165, 1.54) is 22.8 Å². The second kappa shape index (κ2) is 16.2. The van der Waals surface area contributed by atoms with Gasteiger partial charge in [0.2, 0.25) is 17.7 Å². The molecule has 0 radical (unpaired) electrons. The molecule has 7 heterocycles. The Labute approximate surface area is 356 Å². The highest BCUT2D eigenvalue weighted by molar-refractivity contribution is 6.05. The van der Waals surface area contributed by atoms with Crippen LogP contribution in [-0.4, -0.2) is 103 Å². The predicted molar refractivity (Wildman–Crippen MR) is 224 cm³/mol. The second-order valence-electron chi connectivity index (χ2n) is 17.6. The topological polar surface area (TPSA) is 181 Å². The number of benzene rings is 2. The molecule has 4 fully saturated rings. The van der Waals surface area contributed by atoms with E-state index < -0.39 is 40.9 Å². The lowest BCUT2D eigenvalue weighted by Gasteiger charge is -2.42. The third-order valence-electron chi connectivity index (χ3n) is 13.2. The molecule has 15 nitrogen and oxygen atoms in total. The van der Waals surface area contributed by atoms with Crippen LogP contribution in [0.2, 0.25) is 0 Å². The number of hydrogen-bond acceptors (Lipinski definition) is 10. The molecule has 62 heavy (non-hydrogen) atoms. The highest BCUT2D eigenvalue weighted by atomic mass is 19.1. The Balaban J connectivity index is 0.787. The summed E-state index contributed by atoms with van der Waals surface area (Å²) in [5.41, 5.74) is 1.73. The van der Waals surface area contributed by atoms with Gasteiger partial charge in [0.15, 0.2) is 0 Å². The standard InChI is InChI=1S/C45H48F2N10O5/c1-45(2,62)34-21-37-28(18-38(34)50-43(60)39-5-3-31-17-26(22-48)23-49-57(31)39)25-56(52-37)30-10-13-53(14-11-30)29-8-15-54(16-9-29)44(61)27-7-12-55(24-27)32-19-35(46)41(36(47)20-32)33-4-6-40(58)51-42(33)59/h3,5,17-21,23,25,27,29-30,33,62H,4,6-16,24H2,1-2H3,(H,50,60)(H,51,58,59)/t27-,33-/m1/s1. The first-order valence-corrected chi connectivity index (χ1v) is 21.3. The van der Waals surface area contributed by atoms with Crippen LogP contribution >= 0.6 is 0 Å². The largest absolute Gasteiger partial charge is 0.386 e. The number of nitrogens with one attached hydrogen (secondary N) is 2. The van der Waals surface area contributed by atoms with Crippen molar-refractivity contribution in [3.63, 3.8) is 0 Å². The highest BCUT2D eigenvalue weighted by Crippen LogP contribution is 2.36. The Kier molecular flexibility index (Phi) is 10.8. The summed E-state index contributed by atoms with van der Waals surface area (Å²) >= 11 is 0. The van der Waals surface area contributed by atoms with Crippen LogP contribution in [0.1, 0.15) is 97.9 Å². The molecule has 322 valence electrons. The van der Waals surface area contributed by atoms with Crippen molar-refractivity contribution < 1.29 is 33.1 Å². The Hall–Kier alpha value is -6.25. The lowest BCUT2D eigenvalue weighted by atomic mass is 9.89. The van der Waals surface area contributed by atoms with Crippen molar-refractivity contribution in [3.8, 4) is 6.07 Å². The summed E-state index contributed by atoms with van der Waals surface area (Å²) in [6, 6.07) is 13.7. The summed E-state index contributed by atoms with van der Waals surface area (Å²) in [5.74, 6) is -4.49. The summed E-state index contributed by atoms with van der Waals surface area (Å²) in [6.45, 7) is 7.24. The summed E-state index contributed by atoms with van der Waals surface area (Å²) in [6.07, 6.45) is 7.56. The summed E-state index contributed by atoms with van der Waals surface area (Å²) in [4.78, 5) is 57.3. The number of fused-ring (bicyclic) bond motifs is 2. The van der Waals surface area contributed by atoms with Crippen LogP contribution in [-0.2, 0) is 20.0 Å². The number of nitriles is 1. The van der Waals surface area contributed by atoms with Crippen LogP contribution in [0.3, 0.4) is 0 Å². The predicted octanol–water partition coefficient (Wildman–Crippen LogP) is 4.99. The first kappa shape index (κ1) is 41.1. The molecule has 0 unspecified atom stereocenters. The van der Waals surface area contributed by atoms with Gasteiger partial charge >= 0.3 is 0 Å². The van der Waals surface area contributed by atoms with Crippen molar-refractivity contribution in [2.75, 3.05) is 49.5 Å². The van der Waals surface area contributed by atoms with Crippen LogP contribution in [0.4, 0.5) is 20.2 Å². The van der Waals surface area contributed by atoms with Crippen molar-refractivity contribution >= 4 is 51.4 Å². The number of halogens is 2. The zero-order valence-electron chi connectivity index (χ0n) is 34.6. The number of carbonyl (C=O) groups is 4. The molecule has 3 aromatic heterocycles. The number of aliphatic hydroxyl groups is 1. The fourth-order valence-electron chi connectivity index (χ4n) is 9.78. The molecule has 4 aliphatic rings. The molecule has 0 bridgehead atoms. The van der Waals surface area contributed by atoms with E-state index in [0.717, 1.165) is 44.2 Å². The number of imide groups is 1. The van der Waals surface area contributed by atoms with Crippen LogP contribution in [0.15, 0.2) is 54.9 Å². The van der Waals surface area contributed by atoms with Gasteiger partial charge in [-0.15, -0.1) is 0 Å². The van der Waals surface area contributed by atoms with Crippen molar-refractivity contribution in [1.29, 1.82) is 5.26 Å².